The normalized spacial score (nSPS) is 15.0. The van der Waals surface area contributed by atoms with E-state index >= 15 is 0 Å². The molecular formula is C26H23FN2O5. The molecule has 0 saturated heterocycles. The van der Waals surface area contributed by atoms with Gasteiger partial charge in [-0.1, -0.05) is 42.5 Å². The van der Waals surface area contributed by atoms with Gasteiger partial charge >= 0.3 is 5.97 Å². The number of esters is 1. The standard InChI is InChI=1S/C26H23FN2O5/c1-32-19-10-8-18(9-11-19)24-15-23(17-6-4-3-5-7-17)28-29(24)25(30)16-34-26(31)21-13-12-20(33-2)14-22(21)27/h3-14,24H,15-16H2,1-2H3. The van der Waals surface area contributed by atoms with Crippen LogP contribution in [0.5, 0.6) is 11.5 Å². The number of rotatable bonds is 7. The third-order valence-electron chi connectivity index (χ3n) is 5.50. The van der Waals surface area contributed by atoms with Gasteiger partial charge in [0.25, 0.3) is 5.91 Å². The molecule has 8 heteroatoms. The molecule has 1 aliphatic heterocycles. The number of halogens is 1. The molecule has 0 radical (unpaired) electrons. The highest BCUT2D eigenvalue weighted by Gasteiger charge is 2.33. The minimum atomic E-state index is -0.944. The van der Waals surface area contributed by atoms with Crippen LogP contribution in [0.2, 0.25) is 0 Å². The Morgan fingerprint density at radius 2 is 1.65 bits per heavy atom. The number of amides is 1. The van der Waals surface area contributed by atoms with Crippen LogP contribution in [0.25, 0.3) is 0 Å². The number of hydrogen-bond acceptors (Lipinski definition) is 6. The van der Waals surface area contributed by atoms with E-state index in [1.807, 2.05) is 54.6 Å². The second-order valence-electron chi connectivity index (χ2n) is 7.57. The molecular weight excluding hydrogens is 439 g/mol. The Morgan fingerprint density at radius 1 is 0.971 bits per heavy atom. The summed E-state index contributed by atoms with van der Waals surface area (Å²) >= 11 is 0. The average molecular weight is 462 g/mol. The Hall–Kier alpha value is -4.20. The zero-order valence-electron chi connectivity index (χ0n) is 18.7. The Kier molecular flexibility index (Phi) is 6.87. The van der Waals surface area contributed by atoms with Crippen molar-refractivity contribution in [3.8, 4) is 11.5 Å². The van der Waals surface area contributed by atoms with E-state index in [-0.39, 0.29) is 17.4 Å². The molecule has 0 aromatic heterocycles. The maximum absolute atomic E-state index is 14.2. The van der Waals surface area contributed by atoms with Crippen molar-refractivity contribution in [2.45, 2.75) is 12.5 Å². The van der Waals surface area contributed by atoms with Crippen molar-refractivity contribution in [3.05, 3.63) is 95.3 Å². The summed E-state index contributed by atoms with van der Waals surface area (Å²) in [4.78, 5) is 25.4. The molecule has 174 valence electrons. The zero-order chi connectivity index (χ0) is 24.1. The fourth-order valence-corrected chi connectivity index (χ4v) is 3.69. The van der Waals surface area contributed by atoms with Crippen molar-refractivity contribution in [1.82, 2.24) is 5.01 Å². The molecule has 1 unspecified atom stereocenters. The fraction of sp³-hybridized carbons (Fsp3) is 0.192. The van der Waals surface area contributed by atoms with Crippen LogP contribution < -0.4 is 9.47 Å². The second-order valence-corrected chi connectivity index (χ2v) is 7.57. The molecule has 3 aromatic carbocycles. The van der Waals surface area contributed by atoms with Crippen molar-refractivity contribution >= 4 is 17.6 Å². The van der Waals surface area contributed by atoms with Gasteiger partial charge in [-0.2, -0.15) is 5.10 Å². The minimum absolute atomic E-state index is 0.271. The summed E-state index contributed by atoms with van der Waals surface area (Å²) in [7, 11) is 2.97. The molecule has 0 fully saturated rings. The number of nitrogens with zero attached hydrogens (tertiary/aromatic N) is 2. The first-order valence-electron chi connectivity index (χ1n) is 10.6. The lowest BCUT2D eigenvalue weighted by Gasteiger charge is -2.22. The maximum atomic E-state index is 14.2. The molecule has 4 rings (SSSR count). The van der Waals surface area contributed by atoms with Gasteiger partial charge in [0.15, 0.2) is 6.61 Å². The van der Waals surface area contributed by atoms with Gasteiger partial charge in [0.2, 0.25) is 0 Å². The Morgan fingerprint density at radius 3 is 2.29 bits per heavy atom. The monoisotopic (exact) mass is 462 g/mol. The molecule has 0 N–H and O–H groups in total. The van der Waals surface area contributed by atoms with E-state index in [2.05, 4.69) is 5.10 Å². The number of ether oxygens (including phenoxy) is 3. The minimum Gasteiger partial charge on any atom is -0.497 e. The van der Waals surface area contributed by atoms with Crippen LogP contribution in [0.4, 0.5) is 4.39 Å². The molecule has 1 atom stereocenters. The third kappa shape index (κ3) is 4.91. The summed E-state index contributed by atoms with van der Waals surface area (Å²) in [6, 6.07) is 20.3. The van der Waals surface area contributed by atoms with Crippen LogP contribution in [-0.4, -0.2) is 43.4 Å². The topological polar surface area (TPSA) is 77.4 Å². The number of benzene rings is 3. The smallest absolute Gasteiger partial charge is 0.341 e. The molecule has 0 bridgehead atoms. The summed E-state index contributed by atoms with van der Waals surface area (Å²) in [6.45, 7) is -0.581. The van der Waals surface area contributed by atoms with Crippen LogP contribution in [0.3, 0.4) is 0 Å². The van der Waals surface area contributed by atoms with Gasteiger partial charge in [0.1, 0.15) is 17.3 Å². The van der Waals surface area contributed by atoms with E-state index in [9.17, 15) is 14.0 Å². The van der Waals surface area contributed by atoms with Crippen LogP contribution in [0.1, 0.15) is 33.9 Å². The lowest BCUT2D eigenvalue weighted by atomic mass is 9.98. The Labute approximate surface area is 196 Å². The quantitative estimate of drug-likeness (QED) is 0.487. The predicted molar refractivity (Wildman–Crippen MR) is 123 cm³/mol. The van der Waals surface area contributed by atoms with Gasteiger partial charge in [-0.05, 0) is 35.4 Å². The molecule has 1 amide bonds. The van der Waals surface area contributed by atoms with Crippen molar-refractivity contribution in [2.75, 3.05) is 20.8 Å². The van der Waals surface area contributed by atoms with Crippen LogP contribution in [-0.2, 0) is 9.53 Å². The number of hydrazone groups is 1. The highest BCUT2D eigenvalue weighted by atomic mass is 19.1. The summed E-state index contributed by atoms with van der Waals surface area (Å²) in [6.07, 6.45) is 0.489. The Balaban J connectivity index is 1.53. The molecule has 7 nitrogen and oxygen atoms in total. The third-order valence-corrected chi connectivity index (χ3v) is 5.50. The second kappa shape index (κ2) is 10.2. The van der Waals surface area contributed by atoms with Crippen LogP contribution >= 0.6 is 0 Å². The van der Waals surface area contributed by atoms with Crippen molar-refractivity contribution in [2.24, 2.45) is 5.10 Å². The highest BCUT2D eigenvalue weighted by Crippen LogP contribution is 2.33. The zero-order valence-corrected chi connectivity index (χ0v) is 18.7. The fourth-order valence-electron chi connectivity index (χ4n) is 3.69. The number of carbonyl (C=O) groups is 2. The van der Waals surface area contributed by atoms with E-state index in [1.165, 1.54) is 24.3 Å². The molecule has 34 heavy (non-hydrogen) atoms. The maximum Gasteiger partial charge on any atom is 0.341 e. The lowest BCUT2D eigenvalue weighted by Crippen LogP contribution is -2.31. The summed E-state index contributed by atoms with van der Waals surface area (Å²) in [5.41, 5.74) is 2.21. The van der Waals surface area contributed by atoms with Gasteiger partial charge in [-0.25, -0.2) is 14.2 Å². The van der Waals surface area contributed by atoms with E-state index in [1.54, 1.807) is 7.11 Å². The number of carbonyl (C=O) groups excluding carboxylic acids is 2. The van der Waals surface area contributed by atoms with E-state index < -0.39 is 24.3 Å². The van der Waals surface area contributed by atoms with Crippen LogP contribution in [0, 0.1) is 5.82 Å². The summed E-state index contributed by atoms with van der Waals surface area (Å²) in [5, 5.41) is 5.86. The van der Waals surface area contributed by atoms with Gasteiger partial charge in [-0.3, -0.25) is 4.79 Å². The average Bonchev–Trinajstić information content (AvgIpc) is 3.33. The molecule has 1 aliphatic rings. The van der Waals surface area contributed by atoms with Crippen molar-refractivity contribution in [3.63, 3.8) is 0 Å². The summed E-state index contributed by atoms with van der Waals surface area (Å²) < 4.78 is 29.5. The molecule has 0 spiro atoms. The number of methoxy groups -OCH3 is 2. The van der Waals surface area contributed by atoms with Crippen molar-refractivity contribution in [1.29, 1.82) is 0 Å². The van der Waals surface area contributed by atoms with E-state index in [4.69, 9.17) is 14.2 Å². The molecule has 0 saturated carbocycles. The molecule has 1 heterocycles. The van der Waals surface area contributed by atoms with Crippen molar-refractivity contribution < 1.29 is 28.2 Å². The predicted octanol–water partition coefficient (Wildman–Crippen LogP) is 4.38. The lowest BCUT2D eigenvalue weighted by molar-refractivity contribution is -0.136. The van der Waals surface area contributed by atoms with Gasteiger partial charge in [0, 0.05) is 12.5 Å². The van der Waals surface area contributed by atoms with E-state index in [0.717, 1.165) is 22.9 Å². The number of hydrogen-bond donors (Lipinski definition) is 0. The highest BCUT2D eigenvalue weighted by molar-refractivity contribution is 6.03. The first kappa shape index (κ1) is 23.0. The van der Waals surface area contributed by atoms with Gasteiger partial charge < -0.3 is 14.2 Å². The molecule has 3 aromatic rings. The first-order valence-corrected chi connectivity index (χ1v) is 10.6. The first-order chi connectivity index (χ1) is 16.5. The van der Waals surface area contributed by atoms with Crippen LogP contribution in [0.15, 0.2) is 77.9 Å². The van der Waals surface area contributed by atoms with Gasteiger partial charge in [0.05, 0.1) is 31.5 Å². The molecule has 0 aliphatic carbocycles. The SMILES string of the molecule is COc1ccc(C2CC(c3ccccc3)=NN2C(=O)COC(=O)c2ccc(OC)cc2F)cc1. The van der Waals surface area contributed by atoms with E-state index in [0.29, 0.717) is 12.2 Å². The summed E-state index contributed by atoms with van der Waals surface area (Å²) in [5.74, 6) is -1.29. The van der Waals surface area contributed by atoms with Gasteiger partial charge in [-0.15, -0.1) is 0 Å². The largest absolute Gasteiger partial charge is 0.497 e. The Bertz CT molecular complexity index is 1210.